The van der Waals surface area contributed by atoms with E-state index >= 15 is 0 Å². The summed E-state index contributed by atoms with van der Waals surface area (Å²) in [5.74, 6) is -0.0420. The number of aromatic nitrogens is 2. The lowest BCUT2D eigenvalue weighted by molar-refractivity contribution is 0.100. The first-order valence-electron chi connectivity index (χ1n) is 7.86. The standard InChI is InChI=1S/C16H25N5O2S/c1-6-24(23)20-11-7-13-14(19-10(2)16(3,4)5)12(15(17)22)8-18-21(13)9-11/h7-10,19-20H,6H2,1-5H3,(H2,17,22)/t10-,24?/m1/s1. The molecule has 0 aliphatic heterocycles. The molecule has 4 N–H and O–H groups in total. The second-order valence-electron chi connectivity index (χ2n) is 6.82. The first kappa shape index (κ1) is 18.3. The van der Waals surface area contributed by atoms with E-state index in [4.69, 9.17) is 5.73 Å². The number of primary amides is 1. The summed E-state index contributed by atoms with van der Waals surface area (Å²) < 4.78 is 16.3. The molecule has 2 rings (SSSR count). The van der Waals surface area contributed by atoms with Crippen LogP contribution in [-0.4, -0.2) is 31.5 Å². The summed E-state index contributed by atoms with van der Waals surface area (Å²) in [6.07, 6.45) is 3.19. The molecular formula is C16H25N5O2S. The predicted octanol–water partition coefficient (Wildman–Crippen LogP) is 2.38. The number of nitrogens with one attached hydrogen (secondary N) is 2. The highest BCUT2D eigenvalue weighted by atomic mass is 32.2. The van der Waals surface area contributed by atoms with Crippen LogP contribution in [0.15, 0.2) is 18.5 Å². The van der Waals surface area contributed by atoms with Crippen LogP contribution in [0.1, 0.15) is 45.0 Å². The Bertz CT molecular complexity index is 779. The molecule has 0 saturated carbocycles. The highest BCUT2D eigenvalue weighted by molar-refractivity contribution is 7.86. The van der Waals surface area contributed by atoms with Crippen LogP contribution in [0.2, 0.25) is 0 Å². The van der Waals surface area contributed by atoms with Crippen molar-refractivity contribution in [2.75, 3.05) is 15.8 Å². The summed E-state index contributed by atoms with van der Waals surface area (Å²) in [5, 5.41) is 7.61. The van der Waals surface area contributed by atoms with Crippen LogP contribution in [0.3, 0.4) is 0 Å². The predicted molar refractivity (Wildman–Crippen MR) is 98.6 cm³/mol. The van der Waals surface area contributed by atoms with E-state index in [0.717, 1.165) is 0 Å². The van der Waals surface area contributed by atoms with Gasteiger partial charge in [0.05, 0.1) is 34.8 Å². The van der Waals surface area contributed by atoms with Gasteiger partial charge in [0.15, 0.2) is 0 Å². The zero-order valence-corrected chi connectivity index (χ0v) is 15.5. The van der Waals surface area contributed by atoms with Crippen LogP contribution in [0.4, 0.5) is 11.4 Å². The molecule has 8 heteroatoms. The van der Waals surface area contributed by atoms with Crippen LogP contribution in [0.25, 0.3) is 5.52 Å². The van der Waals surface area contributed by atoms with Crippen molar-refractivity contribution < 1.29 is 9.00 Å². The molecule has 1 amide bonds. The number of hydrogen-bond donors (Lipinski definition) is 3. The Morgan fingerprint density at radius 3 is 2.67 bits per heavy atom. The monoisotopic (exact) mass is 351 g/mol. The third-order valence-electron chi connectivity index (χ3n) is 4.06. The highest BCUT2D eigenvalue weighted by Gasteiger charge is 2.23. The minimum absolute atomic E-state index is 0.00738. The van der Waals surface area contributed by atoms with Gasteiger partial charge in [0.25, 0.3) is 5.91 Å². The SMILES string of the molecule is CCS(=O)Nc1cc2c(N[C@H](C)C(C)(C)C)c(C(N)=O)cnn2c1. The lowest BCUT2D eigenvalue weighted by Crippen LogP contribution is -2.32. The Morgan fingerprint density at radius 2 is 2.12 bits per heavy atom. The molecule has 2 atom stereocenters. The van der Waals surface area contributed by atoms with Crippen molar-refractivity contribution in [3.05, 3.63) is 24.0 Å². The van der Waals surface area contributed by atoms with Gasteiger partial charge in [-0.2, -0.15) is 5.10 Å². The molecule has 0 saturated heterocycles. The van der Waals surface area contributed by atoms with E-state index in [2.05, 4.69) is 42.8 Å². The van der Waals surface area contributed by atoms with E-state index in [-0.39, 0.29) is 11.5 Å². The van der Waals surface area contributed by atoms with E-state index in [1.54, 1.807) is 10.7 Å². The van der Waals surface area contributed by atoms with Gasteiger partial charge in [0.1, 0.15) is 11.0 Å². The van der Waals surface area contributed by atoms with Crippen LogP contribution >= 0.6 is 0 Å². The lowest BCUT2D eigenvalue weighted by Gasteiger charge is -2.29. The molecule has 0 fully saturated rings. The lowest BCUT2D eigenvalue weighted by atomic mass is 9.88. The number of nitrogens with zero attached hydrogens (tertiary/aromatic N) is 2. The van der Waals surface area contributed by atoms with Crippen LogP contribution < -0.4 is 15.8 Å². The highest BCUT2D eigenvalue weighted by Crippen LogP contribution is 2.29. The molecule has 1 unspecified atom stereocenters. The summed E-state index contributed by atoms with van der Waals surface area (Å²) in [7, 11) is -1.15. The molecule has 2 aromatic heterocycles. The smallest absolute Gasteiger partial charge is 0.252 e. The molecular weight excluding hydrogens is 326 g/mol. The van der Waals surface area contributed by atoms with Crippen molar-refractivity contribution >= 4 is 33.8 Å². The Hall–Kier alpha value is -2.09. The second kappa shape index (κ2) is 6.80. The van der Waals surface area contributed by atoms with E-state index in [1.807, 2.05) is 13.0 Å². The molecule has 2 heterocycles. The van der Waals surface area contributed by atoms with Gasteiger partial charge < -0.3 is 15.8 Å². The molecule has 132 valence electrons. The average molecular weight is 351 g/mol. The maximum Gasteiger partial charge on any atom is 0.252 e. The van der Waals surface area contributed by atoms with Crippen molar-refractivity contribution in [1.82, 2.24) is 9.61 Å². The summed E-state index contributed by atoms with van der Waals surface area (Å²) in [6.45, 7) is 10.2. The number of carbonyl (C=O) groups excluding carboxylic acids is 1. The van der Waals surface area contributed by atoms with Gasteiger partial charge >= 0.3 is 0 Å². The van der Waals surface area contributed by atoms with Crippen molar-refractivity contribution in [3.8, 4) is 0 Å². The van der Waals surface area contributed by atoms with E-state index in [1.165, 1.54) is 6.20 Å². The molecule has 0 aromatic carbocycles. The fourth-order valence-electron chi connectivity index (χ4n) is 2.09. The zero-order chi connectivity index (χ0) is 18.1. The van der Waals surface area contributed by atoms with Gasteiger partial charge in [-0.25, -0.2) is 8.72 Å². The van der Waals surface area contributed by atoms with Gasteiger partial charge in [-0.15, -0.1) is 0 Å². The molecule has 0 bridgehead atoms. The quantitative estimate of drug-likeness (QED) is 0.743. The van der Waals surface area contributed by atoms with Crippen LogP contribution in [-0.2, 0) is 11.0 Å². The fourth-order valence-corrected chi connectivity index (χ4v) is 2.61. The Kier molecular flexibility index (Phi) is 5.17. The molecule has 24 heavy (non-hydrogen) atoms. The Balaban J connectivity index is 2.53. The molecule has 0 aliphatic carbocycles. The summed E-state index contributed by atoms with van der Waals surface area (Å²) in [6, 6.07) is 1.91. The van der Waals surface area contributed by atoms with Crippen molar-refractivity contribution in [1.29, 1.82) is 0 Å². The third-order valence-corrected chi connectivity index (χ3v) is 5.04. The summed E-state index contributed by atoms with van der Waals surface area (Å²) >= 11 is 0. The van der Waals surface area contributed by atoms with Gasteiger partial charge in [0.2, 0.25) is 0 Å². The van der Waals surface area contributed by atoms with Crippen molar-refractivity contribution in [2.24, 2.45) is 11.1 Å². The summed E-state index contributed by atoms with van der Waals surface area (Å²) in [5.41, 5.74) is 7.85. The van der Waals surface area contributed by atoms with Gasteiger partial charge in [-0.3, -0.25) is 4.79 Å². The molecule has 0 spiro atoms. The first-order valence-corrected chi connectivity index (χ1v) is 9.18. The Morgan fingerprint density at radius 1 is 1.46 bits per heavy atom. The van der Waals surface area contributed by atoms with Crippen molar-refractivity contribution in [3.63, 3.8) is 0 Å². The maximum absolute atomic E-state index is 11.8. The number of nitrogens with two attached hydrogens (primary N) is 1. The first-order chi connectivity index (χ1) is 11.1. The second-order valence-corrected chi connectivity index (χ2v) is 8.30. The van der Waals surface area contributed by atoms with Gasteiger partial charge in [0, 0.05) is 11.8 Å². The largest absolute Gasteiger partial charge is 0.380 e. The number of fused-ring (bicyclic) bond motifs is 1. The van der Waals surface area contributed by atoms with Gasteiger partial charge in [-0.05, 0) is 18.4 Å². The van der Waals surface area contributed by atoms with Crippen molar-refractivity contribution in [2.45, 2.75) is 40.7 Å². The fraction of sp³-hybridized carbons (Fsp3) is 0.500. The minimum atomic E-state index is -1.15. The number of carbonyl (C=O) groups is 1. The topological polar surface area (TPSA) is 102 Å². The molecule has 0 aliphatic rings. The number of amides is 1. The zero-order valence-electron chi connectivity index (χ0n) is 14.7. The minimum Gasteiger partial charge on any atom is -0.380 e. The number of rotatable bonds is 6. The average Bonchev–Trinajstić information content (AvgIpc) is 2.88. The van der Waals surface area contributed by atoms with Crippen LogP contribution in [0, 0.1) is 5.41 Å². The molecule has 7 nitrogen and oxygen atoms in total. The maximum atomic E-state index is 11.8. The third kappa shape index (κ3) is 3.87. The normalized spacial score (nSPS) is 14.4. The van der Waals surface area contributed by atoms with E-state index in [0.29, 0.717) is 28.2 Å². The molecule has 2 aromatic rings. The van der Waals surface area contributed by atoms with Gasteiger partial charge in [-0.1, -0.05) is 27.7 Å². The summed E-state index contributed by atoms with van der Waals surface area (Å²) in [4.78, 5) is 11.8. The molecule has 0 radical (unpaired) electrons. The number of anilines is 2. The van der Waals surface area contributed by atoms with E-state index in [9.17, 15) is 9.00 Å². The Labute approximate surface area is 144 Å². The van der Waals surface area contributed by atoms with Crippen LogP contribution in [0.5, 0.6) is 0 Å². The number of hydrogen-bond acceptors (Lipinski definition) is 4. The van der Waals surface area contributed by atoms with E-state index < -0.39 is 16.9 Å².